The third kappa shape index (κ3) is 3.79. The lowest BCUT2D eigenvalue weighted by Gasteiger charge is -2.29. The highest BCUT2D eigenvalue weighted by Gasteiger charge is 2.31. The Bertz CT molecular complexity index is 1250. The first-order valence-corrected chi connectivity index (χ1v) is 10.3. The molecule has 162 valence electrons. The largest absolute Gasteiger partial charge is 0.416 e. The lowest BCUT2D eigenvalue weighted by atomic mass is 9.91. The van der Waals surface area contributed by atoms with Gasteiger partial charge in [0.05, 0.1) is 24.2 Å². The minimum Gasteiger partial charge on any atom is -0.334 e. The molecule has 2 aromatic carbocycles. The van der Waals surface area contributed by atoms with E-state index in [0.29, 0.717) is 18.7 Å². The van der Waals surface area contributed by atoms with Crippen molar-refractivity contribution < 1.29 is 18.0 Å². The minimum absolute atomic E-state index is 0.0266. The van der Waals surface area contributed by atoms with Gasteiger partial charge in [-0.2, -0.15) is 13.2 Å². The summed E-state index contributed by atoms with van der Waals surface area (Å²) in [5.74, 6) is -0.0266. The van der Waals surface area contributed by atoms with Gasteiger partial charge in [-0.3, -0.25) is 14.8 Å². The van der Waals surface area contributed by atoms with Crippen molar-refractivity contribution in [2.75, 3.05) is 0 Å². The number of aryl methyl sites for hydroxylation is 1. The molecule has 32 heavy (non-hydrogen) atoms. The van der Waals surface area contributed by atoms with Crippen LogP contribution in [0.2, 0.25) is 0 Å². The normalized spacial score (nSPS) is 15.4. The van der Waals surface area contributed by atoms with Gasteiger partial charge in [0.25, 0.3) is 0 Å². The van der Waals surface area contributed by atoms with E-state index >= 15 is 0 Å². The molecule has 0 fully saturated rings. The van der Waals surface area contributed by atoms with Gasteiger partial charge >= 0.3 is 6.18 Å². The molecule has 0 saturated heterocycles. The van der Waals surface area contributed by atoms with Crippen LogP contribution >= 0.6 is 0 Å². The molecule has 0 atom stereocenters. The number of rotatable bonds is 3. The monoisotopic (exact) mass is 435 g/mol. The number of pyridine rings is 1. The van der Waals surface area contributed by atoms with Gasteiger partial charge in [0.2, 0.25) is 5.91 Å². The predicted octanol–water partition coefficient (Wildman–Crippen LogP) is 4.84. The molecule has 5 rings (SSSR count). The minimum atomic E-state index is -4.37. The first-order valence-electron chi connectivity index (χ1n) is 10.3. The standard InChI is InChI=1S/C25H20F3N3O/c1-15-8-17(6-7-29-15)24-22-10-20-14-31(23(32)11-18(20)9-19(22)12-30-24)13-16-2-4-21(5-3-16)25(26,27)28/h2-10H,11-14H2,1H3. The van der Waals surface area contributed by atoms with Gasteiger partial charge in [0, 0.05) is 36.1 Å². The number of carbonyl (C=O) groups excluding carboxylic acids is 1. The van der Waals surface area contributed by atoms with Crippen molar-refractivity contribution in [2.24, 2.45) is 4.99 Å². The summed E-state index contributed by atoms with van der Waals surface area (Å²) in [4.78, 5) is 23.4. The van der Waals surface area contributed by atoms with Crippen LogP contribution in [-0.2, 0) is 37.0 Å². The zero-order valence-corrected chi connectivity index (χ0v) is 17.4. The number of halogens is 3. The van der Waals surface area contributed by atoms with E-state index in [-0.39, 0.29) is 18.9 Å². The summed E-state index contributed by atoms with van der Waals surface area (Å²) in [6, 6.07) is 13.1. The van der Waals surface area contributed by atoms with E-state index in [4.69, 9.17) is 4.99 Å². The van der Waals surface area contributed by atoms with Crippen molar-refractivity contribution in [3.63, 3.8) is 0 Å². The van der Waals surface area contributed by atoms with Gasteiger partial charge in [-0.25, -0.2) is 0 Å². The SMILES string of the molecule is Cc1cc(C2=NCc3cc4c(cc32)CN(Cc2ccc(C(F)(F)F)cc2)C(=O)C4)ccn1. The highest BCUT2D eigenvalue weighted by atomic mass is 19.4. The fraction of sp³-hybridized carbons (Fsp3) is 0.240. The number of amides is 1. The first-order chi connectivity index (χ1) is 15.3. The molecular formula is C25H20F3N3O. The van der Waals surface area contributed by atoms with E-state index in [9.17, 15) is 18.0 Å². The van der Waals surface area contributed by atoms with Crippen molar-refractivity contribution in [3.8, 4) is 0 Å². The summed E-state index contributed by atoms with van der Waals surface area (Å²) in [6.45, 7) is 3.23. The van der Waals surface area contributed by atoms with Crippen LogP contribution in [0.5, 0.6) is 0 Å². The lowest BCUT2D eigenvalue weighted by Crippen LogP contribution is -2.35. The Hall–Kier alpha value is -3.48. The third-order valence-electron chi connectivity index (χ3n) is 5.97. The Morgan fingerprint density at radius 1 is 1.00 bits per heavy atom. The fourth-order valence-electron chi connectivity index (χ4n) is 4.32. The third-order valence-corrected chi connectivity index (χ3v) is 5.97. The lowest BCUT2D eigenvalue weighted by molar-refractivity contribution is -0.137. The number of alkyl halides is 3. The molecule has 0 aliphatic carbocycles. The first kappa shape index (κ1) is 20.4. The molecule has 3 aromatic rings. The van der Waals surface area contributed by atoms with Gasteiger partial charge in [-0.15, -0.1) is 0 Å². The van der Waals surface area contributed by atoms with E-state index in [2.05, 4.69) is 17.1 Å². The number of fused-ring (bicyclic) bond motifs is 2. The van der Waals surface area contributed by atoms with Crippen LogP contribution in [0.25, 0.3) is 0 Å². The number of benzene rings is 2. The summed E-state index contributed by atoms with van der Waals surface area (Å²) in [7, 11) is 0. The van der Waals surface area contributed by atoms with Crippen molar-refractivity contribution in [3.05, 3.63) is 99.4 Å². The van der Waals surface area contributed by atoms with Crippen LogP contribution in [-0.4, -0.2) is 21.5 Å². The van der Waals surface area contributed by atoms with Gasteiger partial charge in [-0.05, 0) is 59.5 Å². The zero-order chi connectivity index (χ0) is 22.5. The van der Waals surface area contributed by atoms with Crippen molar-refractivity contribution >= 4 is 11.6 Å². The van der Waals surface area contributed by atoms with Crippen LogP contribution in [0.4, 0.5) is 13.2 Å². The van der Waals surface area contributed by atoms with Gasteiger partial charge in [-0.1, -0.05) is 18.2 Å². The maximum absolute atomic E-state index is 12.8. The molecule has 0 bridgehead atoms. The molecule has 0 N–H and O–H groups in total. The molecule has 0 unspecified atom stereocenters. The number of hydrogen-bond donors (Lipinski definition) is 0. The highest BCUT2D eigenvalue weighted by Crippen LogP contribution is 2.32. The highest BCUT2D eigenvalue weighted by molar-refractivity contribution is 6.15. The molecular weight excluding hydrogens is 415 g/mol. The van der Waals surface area contributed by atoms with E-state index < -0.39 is 11.7 Å². The number of aromatic nitrogens is 1. The summed E-state index contributed by atoms with van der Waals surface area (Å²) < 4.78 is 38.4. The summed E-state index contributed by atoms with van der Waals surface area (Å²) in [6.07, 6.45) is -2.31. The Morgan fingerprint density at radius 2 is 1.78 bits per heavy atom. The quantitative estimate of drug-likeness (QED) is 0.591. The van der Waals surface area contributed by atoms with E-state index in [1.165, 1.54) is 12.1 Å². The Balaban J connectivity index is 1.40. The molecule has 2 aliphatic heterocycles. The Morgan fingerprint density at radius 3 is 2.50 bits per heavy atom. The van der Waals surface area contributed by atoms with Crippen LogP contribution in [0.3, 0.4) is 0 Å². The van der Waals surface area contributed by atoms with Gasteiger partial charge < -0.3 is 4.90 Å². The molecule has 1 amide bonds. The fourth-order valence-corrected chi connectivity index (χ4v) is 4.32. The molecule has 0 radical (unpaired) electrons. The number of nitrogens with zero attached hydrogens (tertiary/aromatic N) is 3. The summed E-state index contributed by atoms with van der Waals surface area (Å²) >= 11 is 0. The predicted molar refractivity (Wildman–Crippen MR) is 114 cm³/mol. The average Bonchev–Trinajstić information content (AvgIpc) is 3.15. The zero-order valence-electron chi connectivity index (χ0n) is 17.4. The maximum Gasteiger partial charge on any atom is 0.416 e. The molecule has 0 saturated carbocycles. The second-order valence-electron chi connectivity index (χ2n) is 8.25. The maximum atomic E-state index is 12.8. The summed E-state index contributed by atoms with van der Waals surface area (Å²) in [5.41, 5.74) is 7.08. The topological polar surface area (TPSA) is 45.6 Å². The second kappa shape index (κ2) is 7.58. The van der Waals surface area contributed by atoms with Crippen molar-refractivity contribution in [2.45, 2.75) is 39.2 Å². The number of aliphatic imine (C=N–C) groups is 1. The van der Waals surface area contributed by atoms with Crippen LogP contribution < -0.4 is 0 Å². The second-order valence-corrected chi connectivity index (χ2v) is 8.25. The summed E-state index contributed by atoms with van der Waals surface area (Å²) in [5, 5.41) is 0. The Kier molecular flexibility index (Phi) is 4.84. The molecule has 7 heteroatoms. The Labute approximate surface area is 183 Å². The molecule has 2 aliphatic rings. The van der Waals surface area contributed by atoms with Crippen molar-refractivity contribution in [1.29, 1.82) is 0 Å². The van der Waals surface area contributed by atoms with Gasteiger partial charge in [0.1, 0.15) is 0 Å². The molecule has 3 heterocycles. The molecule has 0 spiro atoms. The van der Waals surface area contributed by atoms with Crippen molar-refractivity contribution in [1.82, 2.24) is 9.88 Å². The van der Waals surface area contributed by atoms with E-state index in [0.717, 1.165) is 51.4 Å². The molecule has 1 aromatic heterocycles. The number of carbonyl (C=O) groups is 1. The average molecular weight is 435 g/mol. The van der Waals surface area contributed by atoms with Gasteiger partial charge in [0.15, 0.2) is 0 Å². The van der Waals surface area contributed by atoms with Crippen LogP contribution in [0, 0.1) is 6.92 Å². The smallest absolute Gasteiger partial charge is 0.334 e. The molecule has 4 nitrogen and oxygen atoms in total. The van der Waals surface area contributed by atoms with E-state index in [1.807, 2.05) is 19.1 Å². The van der Waals surface area contributed by atoms with Crippen LogP contribution in [0.15, 0.2) is 59.7 Å². The van der Waals surface area contributed by atoms with E-state index in [1.54, 1.807) is 11.1 Å². The van der Waals surface area contributed by atoms with Crippen LogP contribution in [0.1, 0.15) is 44.6 Å². The number of hydrogen-bond acceptors (Lipinski definition) is 3.